The zero-order valence-electron chi connectivity index (χ0n) is 15.3. The first-order valence-electron chi connectivity index (χ1n) is 8.54. The van der Waals surface area contributed by atoms with Gasteiger partial charge in [0.15, 0.2) is 5.82 Å². The number of rotatable bonds is 8. The molecule has 1 aromatic carbocycles. The normalized spacial score (nSPS) is 11.5. The lowest BCUT2D eigenvalue weighted by atomic mass is 10.2. The van der Waals surface area contributed by atoms with Crippen LogP contribution in [0.3, 0.4) is 0 Å². The third-order valence-electron chi connectivity index (χ3n) is 3.83. The van der Waals surface area contributed by atoms with Crippen LogP contribution in [0.1, 0.15) is 17.0 Å². The highest BCUT2D eigenvalue weighted by Gasteiger charge is 2.11. The first kappa shape index (κ1) is 19.0. The smallest absolute Gasteiger partial charge is 0.215 e. The zero-order valence-corrected chi connectivity index (χ0v) is 16.1. The van der Waals surface area contributed by atoms with Crippen LogP contribution < -0.4 is 10.0 Å². The second-order valence-electron chi connectivity index (χ2n) is 6.17. The molecule has 0 unspecified atom stereocenters. The van der Waals surface area contributed by atoms with Crippen LogP contribution in [0, 0.1) is 13.8 Å². The molecule has 2 N–H and O–H groups in total. The molecule has 0 aliphatic rings. The number of anilines is 1. The van der Waals surface area contributed by atoms with Gasteiger partial charge in [-0.1, -0.05) is 30.3 Å². The van der Waals surface area contributed by atoms with Crippen molar-refractivity contribution >= 4 is 15.8 Å². The van der Waals surface area contributed by atoms with Crippen molar-refractivity contribution in [2.45, 2.75) is 19.6 Å². The van der Waals surface area contributed by atoms with Crippen molar-refractivity contribution in [2.75, 3.05) is 18.4 Å². The highest BCUT2D eigenvalue weighted by molar-refractivity contribution is 7.88. The van der Waals surface area contributed by atoms with Crippen molar-refractivity contribution < 1.29 is 8.42 Å². The lowest BCUT2D eigenvalue weighted by Crippen LogP contribution is -2.30. The molecule has 0 radical (unpaired) electrons. The van der Waals surface area contributed by atoms with Crippen LogP contribution in [-0.2, 0) is 15.8 Å². The van der Waals surface area contributed by atoms with Gasteiger partial charge in [-0.15, -0.1) is 0 Å². The van der Waals surface area contributed by atoms with Crippen LogP contribution >= 0.6 is 0 Å². The summed E-state index contributed by atoms with van der Waals surface area (Å²) in [6, 6.07) is 12.8. The summed E-state index contributed by atoms with van der Waals surface area (Å²) in [6.45, 7) is 4.54. The van der Waals surface area contributed by atoms with Crippen molar-refractivity contribution in [3.8, 4) is 5.82 Å². The highest BCUT2D eigenvalue weighted by atomic mass is 32.2. The molecular formula is C18H22N6O2S. The Morgan fingerprint density at radius 2 is 1.81 bits per heavy atom. The Kier molecular flexibility index (Phi) is 5.82. The van der Waals surface area contributed by atoms with Gasteiger partial charge in [-0.25, -0.2) is 27.8 Å². The molecule has 3 aromatic rings. The molecule has 3 rings (SSSR count). The number of hydrogen-bond acceptors (Lipinski definition) is 6. The molecule has 9 heteroatoms. The summed E-state index contributed by atoms with van der Waals surface area (Å²) >= 11 is 0. The largest absolute Gasteiger partial charge is 0.369 e. The highest BCUT2D eigenvalue weighted by Crippen LogP contribution is 2.12. The third-order valence-corrected chi connectivity index (χ3v) is 5.19. The minimum Gasteiger partial charge on any atom is -0.369 e. The van der Waals surface area contributed by atoms with Gasteiger partial charge < -0.3 is 5.32 Å². The fourth-order valence-corrected chi connectivity index (χ4v) is 3.81. The molecule has 0 atom stereocenters. The summed E-state index contributed by atoms with van der Waals surface area (Å²) < 4.78 is 28.6. The second kappa shape index (κ2) is 8.28. The number of nitrogens with one attached hydrogen (secondary N) is 2. The number of aryl methyl sites for hydroxylation is 2. The fourth-order valence-electron chi connectivity index (χ4n) is 2.66. The molecule has 0 saturated heterocycles. The summed E-state index contributed by atoms with van der Waals surface area (Å²) in [5.74, 6) is 1.22. The fraction of sp³-hybridized carbons (Fsp3) is 0.278. The number of benzene rings is 1. The van der Waals surface area contributed by atoms with Crippen molar-refractivity contribution in [1.82, 2.24) is 24.5 Å². The third kappa shape index (κ3) is 5.35. The summed E-state index contributed by atoms with van der Waals surface area (Å²) in [6.07, 6.45) is 1.45. The van der Waals surface area contributed by atoms with Gasteiger partial charge in [-0.2, -0.15) is 5.10 Å². The van der Waals surface area contributed by atoms with E-state index in [1.807, 2.05) is 38.1 Å². The van der Waals surface area contributed by atoms with E-state index in [2.05, 4.69) is 25.1 Å². The topological polar surface area (TPSA) is 102 Å². The van der Waals surface area contributed by atoms with Gasteiger partial charge in [0.2, 0.25) is 10.0 Å². The molecule has 27 heavy (non-hydrogen) atoms. The minimum atomic E-state index is -3.38. The van der Waals surface area contributed by atoms with Gasteiger partial charge in [0.25, 0.3) is 0 Å². The van der Waals surface area contributed by atoms with E-state index in [1.165, 1.54) is 6.33 Å². The van der Waals surface area contributed by atoms with Gasteiger partial charge >= 0.3 is 0 Å². The first-order valence-corrected chi connectivity index (χ1v) is 10.2. The molecule has 142 valence electrons. The summed E-state index contributed by atoms with van der Waals surface area (Å²) in [7, 11) is -3.38. The van der Waals surface area contributed by atoms with Gasteiger partial charge in [-0.05, 0) is 25.5 Å². The molecule has 0 amide bonds. The maximum absolute atomic E-state index is 12.1. The van der Waals surface area contributed by atoms with E-state index in [0.717, 1.165) is 17.0 Å². The van der Waals surface area contributed by atoms with E-state index in [1.54, 1.807) is 22.9 Å². The Hall–Kier alpha value is -2.78. The predicted octanol–water partition coefficient (Wildman–Crippen LogP) is 1.81. The molecule has 0 saturated carbocycles. The molecular weight excluding hydrogens is 364 g/mol. The monoisotopic (exact) mass is 386 g/mol. The lowest BCUT2D eigenvalue weighted by Gasteiger charge is -2.09. The Balaban J connectivity index is 1.53. The maximum atomic E-state index is 12.1. The van der Waals surface area contributed by atoms with Crippen LogP contribution in [0.4, 0.5) is 5.82 Å². The van der Waals surface area contributed by atoms with Crippen LogP contribution in [0.15, 0.2) is 48.8 Å². The minimum absolute atomic E-state index is 0.0383. The van der Waals surface area contributed by atoms with E-state index in [-0.39, 0.29) is 12.3 Å². The quantitative estimate of drug-likeness (QED) is 0.573. The van der Waals surface area contributed by atoms with Gasteiger partial charge in [0, 0.05) is 24.8 Å². The second-order valence-corrected chi connectivity index (χ2v) is 7.97. The van der Waals surface area contributed by atoms with Crippen molar-refractivity contribution in [3.63, 3.8) is 0 Å². The zero-order chi connectivity index (χ0) is 19.3. The van der Waals surface area contributed by atoms with Crippen molar-refractivity contribution in [1.29, 1.82) is 0 Å². The van der Waals surface area contributed by atoms with Gasteiger partial charge in [-0.3, -0.25) is 0 Å². The van der Waals surface area contributed by atoms with Crippen LogP contribution in [0.2, 0.25) is 0 Å². The number of sulfonamides is 1. The molecule has 0 fully saturated rings. The van der Waals surface area contributed by atoms with E-state index in [9.17, 15) is 8.42 Å². The summed E-state index contributed by atoms with van der Waals surface area (Å²) in [5.41, 5.74) is 2.64. The molecule has 0 aliphatic carbocycles. The maximum Gasteiger partial charge on any atom is 0.215 e. The van der Waals surface area contributed by atoms with Gasteiger partial charge in [0.1, 0.15) is 12.1 Å². The SMILES string of the molecule is Cc1cc(C)n(-c2cc(NCCNS(=O)(=O)Cc3ccccc3)ncn2)n1. The summed E-state index contributed by atoms with van der Waals surface area (Å²) in [5, 5.41) is 7.50. The Morgan fingerprint density at radius 1 is 1.04 bits per heavy atom. The van der Waals surface area contributed by atoms with E-state index >= 15 is 0 Å². The first-order chi connectivity index (χ1) is 12.9. The van der Waals surface area contributed by atoms with E-state index < -0.39 is 10.0 Å². The number of nitrogens with zero attached hydrogens (tertiary/aromatic N) is 4. The Morgan fingerprint density at radius 3 is 2.52 bits per heavy atom. The molecule has 0 bridgehead atoms. The summed E-state index contributed by atoms with van der Waals surface area (Å²) in [4.78, 5) is 8.40. The molecule has 0 spiro atoms. The Bertz CT molecular complexity index is 1000. The molecule has 8 nitrogen and oxygen atoms in total. The molecule has 2 heterocycles. The van der Waals surface area contributed by atoms with Gasteiger partial charge in [0.05, 0.1) is 11.4 Å². The Labute approximate surface area is 158 Å². The van der Waals surface area contributed by atoms with Crippen LogP contribution in [0.5, 0.6) is 0 Å². The average molecular weight is 386 g/mol. The van der Waals surface area contributed by atoms with E-state index in [4.69, 9.17) is 0 Å². The van der Waals surface area contributed by atoms with Crippen molar-refractivity contribution in [3.05, 3.63) is 65.7 Å². The van der Waals surface area contributed by atoms with Crippen LogP contribution in [0.25, 0.3) is 5.82 Å². The molecule has 2 aromatic heterocycles. The predicted molar refractivity (Wildman–Crippen MR) is 104 cm³/mol. The number of hydrogen-bond donors (Lipinski definition) is 2. The lowest BCUT2D eigenvalue weighted by molar-refractivity contribution is 0.582. The van der Waals surface area contributed by atoms with E-state index in [0.29, 0.717) is 18.2 Å². The number of aromatic nitrogens is 4. The van der Waals surface area contributed by atoms with Crippen molar-refractivity contribution in [2.24, 2.45) is 0 Å². The van der Waals surface area contributed by atoms with Crippen LogP contribution in [-0.4, -0.2) is 41.3 Å². The standard InChI is InChI=1S/C18H22N6O2S/c1-14-10-15(2)24(23-14)18-11-17(20-13-21-18)19-8-9-22-27(25,26)12-16-6-4-3-5-7-16/h3-7,10-11,13,22H,8-9,12H2,1-2H3,(H,19,20,21). The molecule has 0 aliphatic heterocycles. The average Bonchev–Trinajstić information content (AvgIpc) is 2.98.